The van der Waals surface area contributed by atoms with Crippen molar-refractivity contribution in [3.63, 3.8) is 0 Å². The van der Waals surface area contributed by atoms with Crippen molar-refractivity contribution in [2.45, 2.75) is 103 Å². The van der Waals surface area contributed by atoms with Crippen molar-refractivity contribution in [2.75, 3.05) is 13.2 Å². The van der Waals surface area contributed by atoms with Gasteiger partial charge in [-0.1, -0.05) is 65.2 Å². The van der Waals surface area contributed by atoms with Crippen LogP contribution in [0.2, 0.25) is 0 Å². The van der Waals surface area contributed by atoms with Crippen molar-refractivity contribution in [1.29, 1.82) is 0 Å². The van der Waals surface area contributed by atoms with Crippen molar-refractivity contribution < 1.29 is 23.8 Å². The third kappa shape index (κ3) is 12.0. The third-order valence-corrected chi connectivity index (χ3v) is 4.47. The highest BCUT2D eigenvalue weighted by atomic mass is 16.6. The van der Waals surface area contributed by atoms with Gasteiger partial charge in [-0.25, -0.2) is 0 Å². The summed E-state index contributed by atoms with van der Waals surface area (Å²) in [7, 11) is 0. The Kier molecular flexibility index (Phi) is 12.4. The van der Waals surface area contributed by atoms with Crippen molar-refractivity contribution in [2.24, 2.45) is 0 Å². The number of hydrogen-bond acceptors (Lipinski definition) is 5. The fraction of sp³-hybridized carbons (Fsp3) is 0.900. The van der Waals surface area contributed by atoms with Gasteiger partial charge in [-0.2, -0.15) is 0 Å². The first kappa shape index (κ1) is 21.9. The molecule has 5 nitrogen and oxygen atoms in total. The summed E-state index contributed by atoms with van der Waals surface area (Å²) in [6.07, 6.45) is 11.9. The quantitative estimate of drug-likeness (QED) is 0.230. The van der Waals surface area contributed by atoms with Crippen LogP contribution in [0.3, 0.4) is 0 Å². The Balaban J connectivity index is 1.92. The van der Waals surface area contributed by atoms with Crippen LogP contribution in [0.4, 0.5) is 0 Å². The molecule has 0 amide bonds. The second-order valence-electron chi connectivity index (χ2n) is 6.91. The van der Waals surface area contributed by atoms with Crippen LogP contribution in [0.1, 0.15) is 90.9 Å². The number of rotatable bonds is 16. The minimum absolute atomic E-state index is 0.110. The molecule has 0 aromatic rings. The first-order valence-corrected chi connectivity index (χ1v) is 10.1. The maximum atomic E-state index is 11.6. The Bertz CT molecular complexity index is 335. The number of esters is 2. The molecule has 1 fully saturated rings. The SMILES string of the molecule is CCCCCCCC(=O)OC[C@@H]1O[C@@H]1COC(=O)CCCCCCC. The third-order valence-electron chi connectivity index (χ3n) is 4.47. The van der Waals surface area contributed by atoms with Crippen LogP contribution in [-0.2, 0) is 23.8 Å². The predicted octanol–water partition coefficient (Wildman–Crippen LogP) is 4.56. The number of carbonyl (C=O) groups excluding carboxylic acids is 2. The molecule has 146 valence electrons. The standard InChI is InChI=1S/C20H36O5/c1-3-5-7-9-11-13-19(21)23-15-17-18(25-17)16-24-20(22)14-12-10-8-6-4-2/h17-18H,3-16H2,1-2H3/t17-,18+. The van der Waals surface area contributed by atoms with Crippen LogP contribution in [0.5, 0.6) is 0 Å². The lowest BCUT2D eigenvalue weighted by molar-refractivity contribution is -0.145. The molecular formula is C20H36O5. The topological polar surface area (TPSA) is 65.1 Å². The fourth-order valence-corrected chi connectivity index (χ4v) is 2.71. The molecule has 0 bridgehead atoms. The zero-order chi connectivity index (χ0) is 18.3. The van der Waals surface area contributed by atoms with Gasteiger partial charge in [-0.05, 0) is 12.8 Å². The van der Waals surface area contributed by atoms with Gasteiger partial charge >= 0.3 is 11.9 Å². The number of hydrogen-bond donors (Lipinski definition) is 0. The summed E-state index contributed by atoms with van der Waals surface area (Å²) < 4.78 is 15.8. The minimum Gasteiger partial charge on any atom is -0.463 e. The zero-order valence-corrected chi connectivity index (χ0v) is 16.1. The summed E-state index contributed by atoms with van der Waals surface area (Å²) in [5.74, 6) is -0.315. The molecule has 1 aliphatic heterocycles. The van der Waals surface area contributed by atoms with E-state index in [1.54, 1.807) is 0 Å². The molecule has 2 atom stereocenters. The van der Waals surface area contributed by atoms with Gasteiger partial charge in [0.2, 0.25) is 0 Å². The van der Waals surface area contributed by atoms with Crippen LogP contribution < -0.4 is 0 Å². The highest BCUT2D eigenvalue weighted by Crippen LogP contribution is 2.23. The summed E-state index contributed by atoms with van der Waals surface area (Å²) in [6.45, 7) is 4.89. The minimum atomic E-state index is -0.158. The maximum Gasteiger partial charge on any atom is 0.305 e. The van der Waals surface area contributed by atoms with Crippen molar-refractivity contribution in [3.8, 4) is 0 Å². The Morgan fingerprint density at radius 2 is 1.08 bits per heavy atom. The van der Waals surface area contributed by atoms with Crippen molar-refractivity contribution in [3.05, 3.63) is 0 Å². The molecule has 1 aliphatic rings. The molecule has 5 heteroatoms. The molecule has 0 aromatic carbocycles. The van der Waals surface area contributed by atoms with Gasteiger partial charge in [0.15, 0.2) is 0 Å². The van der Waals surface area contributed by atoms with Crippen LogP contribution in [0.15, 0.2) is 0 Å². The summed E-state index contributed by atoms with van der Waals surface area (Å²) in [5.41, 5.74) is 0. The van der Waals surface area contributed by atoms with Crippen LogP contribution >= 0.6 is 0 Å². The molecule has 0 saturated carbocycles. The van der Waals surface area contributed by atoms with Gasteiger partial charge < -0.3 is 14.2 Å². The lowest BCUT2D eigenvalue weighted by Gasteiger charge is -2.04. The van der Waals surface area contributed by atoms with Gasteiger partial charge in [0.05, 0.1) is 0 Å². The van der Waals surface area contributed by atoms with Crippen molar-refractivity contribution in [1.82, 2.24) is 0 Å². The van der Waals surface area contributed by atoms with Crippen LogP contribution in [0.25, 0.3) is 0 Å². The van der Waals surface area contributed by atoms with Gasteiger partial charge in [0.1, 0.15) is 25.4 Å². The lowest BCUT2D eigenvalue weighted by Crippen LogP contribution is -2.15. The number of unbranched alkanes of at least 4 members (excludes halogenated alkanes) is 8. The Morgan fingerprint density at radius 1 is 0.680 bits per heavy atom. The van der Waals surface area contributed by atoms with Gasteiger partial charge in [0.25, 0.3) is 0 Å². The largest absolute Gasteiger partial charge is 0.463 e. The second-order valence-corrected chi connectivity index (χ2v) is 6.91. The molecule has 0 N–H and O–H groups in total. The molecule has 0 aromatic heterocycles. The summed E-state index contributed by atoms with van der Waals surface area (Å²) in [4.78, 5) is 23.2. The van der Waals surface area contributed by atoms with Crippen LogP contribution in [-0.4, -0.2) is 37.4 Å². The average Bonchev–Trinajstić information content (AvgIpc) is 3.36. The van der Waals surface area contributed by atoms with E-state index in [4.69, 9.17) is 14.2 Å². The van der Waals surface area contributed by atoms with E-state index in [-0.39, 0.29) is 37.4 Å². The highest BCUT2D eigenvalue weighted by molar-refractivity contribution is 5.69. The average molecular weight is 357 g/mol. The van der Waals surface area contributed by atoms with Crippen molar-refractivity contribution >= 4 is 11.9 Å². The normalized spacial score (nSPS) is 18.8. The number of ether oxygens (including phenoxy) is 3. The Morgan fingerprint density at radius 3 is 1.48 bits per heavy atom. The van der Waals surface area contributed by atoms with Gasteiger partial charge in [-0.3, -0.25) is 9.59 Å². The summed E-state index contributed by atoms with van der Waals surface area (Å²) in [5, 5.41) is 0. The molecule has 0 aliphatic carbocycles. The number of carbonyl (C=O) groups is 2. The van der Waals surface area contributed by atoms with E-state index in [0.29, 0.717) is 12.8 Å². The molecule has 0 radical (unpaired) electrons. The van der Waals surface area contributed by atoms with Gasteiger partial charge in [-0.15, -0.1) is 0 Å². The monoisotopic (exact) mass is 356 g/mol. The zero-order valence-electron chi connectivity index (χ0n) is 16.1. The molecule has 1 saturated heterocycles. The molecular weight excluding hydrogens is 320 g/mol. The van der Waals surface area contributed by atoms with Crippen LogP contribution in [0, 0.1) is 0 Å². The van der Waals surface area contributed by atoms with E-state index >= 15 is 0 Å². The Hall–Kier alpha value is -1.10. The Labute approximate surface area is 152 Å². The van der Waals surface area contributed by atoms with E-state index in [9.17, 15) is 9.59 Å². The number of epoxide rings is 1. The van der Waals surface area contributed by atoms with E-state index in [0.717, 1.165) is 25.7 Å². The second kappa shape index (κ2) is 14.1. The highest BCUT2D eigenvalue weighted by Gasteiger charge is 2.40. The van der Waals surface area contributed by atoms with Gasteiger partial charge in [0, 0.05) is 12.8 Å². The molecule has 25 heavy (non-hydrogen) atoms. The molecule has 0 unspecified atom stereocenters. The smallest absolute Gasteiger partial charge is 0.305 e. The molecule has 0 spiro atoms. The molecule has 1 rings (SSSR count). The van der Waals surface area contributed by atoms with E-state index in [2.05, 4.69) is 13.8 Å². The fourth-order valence-electron chi connectivity index (χ4n) is 2.71. The summed E-state index contributed by atoms with van der Waals surface area (Å²) in [6, 6.07) is 0. The van der Waals surface area contributed by atoms with E-state index in [1.165, 1.54) is 38.5 Å². The lowest BCUT2D eigenvalue weighted by atomic mass is 10.1. The molecule has 1 heterocycles. The maximum absolute atomic E-state index is 11.6. The summed E-state index contributed by atoms with van der Waals surface area (Å²) >= 11 is 0. The van der Waals surface area contributed by atoms with E-state index in [1.807, 2.05) is 0 Å². The predicted molar refractivity (Wildman–Crippen MR) is 97.3 cm³/mol. The first-order valence-electron chi connectivity index (χ1n) is 10.1. The first-order chi connectivity index (χ1) is 12.2. The van der Waals surface area contributed by atoms with E-state index < -0.39 is 0 Å².